The van der Waals surface area contributed by atoms with Gasteiger partial charge in [-0.05, 0) is 37.0 Å². The molecule has 3 rings (SSSR count). The Bertz CT molecular complexity index is 704. The Morgan fingerprint density at radius 1 is 1.30 bits per heavy atom. The number of fused-ring (bicyclic) bond motifs is 1. The second-order valence-electron chi connectivity index (χ2n) is 5.95. The van der Waals surface area contributed by atoms with Gasteiger partial charge in [0.15, 0.2) is 6.61 Å². The maximum atomic E-state index is 12.6. The molecule has 1 amide bonds. The molecule has 126 valence electrons. The van der Waals surface area contributed by atoms with E-state index in [9.17, 15) is 18.3 Å². The molecular weight excluding hydrogens is 320 g/mol. The lowest BCUT2D eigenvalue weighted by atomic mass is 9.86. The molecule has 2 atom stereocenters. The number of carbonyl (C=O) groups excluding carboxylic acids is 1. The lowest BCUT2D eigenvalue weighted by Crippen LogP contribution is -2.43. The molecule has 0 spiro atoms. The Labute approximate surface area is 135 Å². The standard InChI is InChI=1S/C15H20N2O5S/c18-8-10-3-1-2-4-12(10)17-23(20,21)11-5-6-14-13(7-11)16-15(19)9-22-14/h5-7,10,12,17-18H,1-4,8-9H2,(H,16,19). The van der Waals surface area contributed by atoms with E-state index in [1.54, 1.807) is 0 Å². The van der Waals surface area contributed by atoms with Crippen LogP contribution in [0.15, 0.2) is 23.1 Å². The molecule has 3 N–H and O–H groups in total. The summed E-state index contributed by atoms with van der Waals surface area (Å²) in [5, 5.41) is 12.0. The molecule has 1 aliphatic carbocycles. The maximum Gasteiger partial charge on any atom is 0.262 e. The number of benzene rings is 1. The summed E-state index contributed by atoms with van der Waals surface area (Å²) < 4.78 is 33.1. The highest BCUT2D eigenvalue weighted by Gasteiger charge is 2.29. The molecule has 2 aliphatic rings. The largest absolute Gasteiger partial charge is 0.482 e. The van der Waals surface area contributed by atoms with Gasteiger partial charge >= 0.3 is 0 Å². The summed E-state index contributed by atoms with van der Waals surface area (Å²) in [4.78, 5) is 11.4. The first-order chi connectivity index (χ1) is 11.0. The minimum Gasteiger partial charge on any atom is -0.482 e. The SMILES string of the molecule is O=C1COc2ccc(S(=O)(=O)NC3CCCCC3CO)cc2N1. The van der Waals surface area contributed by atoms with Crippen LogP contribution >= 0.6 is 0 Å². The number of anilines is 1. The fraction of sp³-hybridized carbons (Fsp3) is 0.533. The van der Waals surface area contributed by atoms with Crippen molar-refractivity contribution in [2.75, 3.05) is 18.5 Å². The normalized spacial score (nSPS) is 24.5. The minimum atomic E-state index is -3.72. The Hall–Kier alpha value is -1.64. The van der Waals surface area contributed by atoms with Crippen molar-refractivity contribution in [2.24, 2.45) is 5.92 Å². The van der Waals surface area contributed by atoms with E-state index < -0.39 is 10.0 Å². The monoisotopic (exact) mass is 340 g/mol. The Kier molecular flexibility index (Phi) is 4.56. The molecule has 0 aromatic heterocycles. The van der Waals surface area contributed by atoms with Gasteiger partial charge in [0.05, 0.1) is 10.6 Å². The maximum absolute atomic E-state index is 12.6. The van der Waals surface area contributed by atoms with E-state index >= 15 is 0 Å². The lowest BCUT2D eigenvalue weighted by molar-refractivity contribution is -0.118. The summed E-state index contributed by atoms with van der Waals surface area (Å²) in [5.41, 5.74) is 0.353. The van der Waals surface area contributed by atoms with Crippen molar-refractivity contribution in [3.05, 3.63) is 18.2 Å². The summed E-state index contributed by atoms with van der Waals surface area (Å²) in [7, 11) is -3.72. The van der Waals surface area contributed by atoms with Gasteiger partial charge in [-0.15, -0.1) is 0 Å². The van der Waals surface area contributed by atoms with Crippen LogP contribution in [0.25, 0.3) is 0 Å². The molecule has 0 radical (unpaired) electrons. The lowest BCUT2D eigenvalue weighted by Gasteiger charge is -2.30. The number of ether oxygens (including phenoxy) is 1. The molecule has 1 fully saturated rings. The number of carbonyl (C=O) groups is 1. The van der Waals surface area contributed by atoms with Crippen LogP contribution in [0.4, 0.5) is 5.69 Å². The second-order valence-corrected chi connectivity index (χ2v) is 7.66. The fourth-order valence-electron chi connectivity index (χ4n) is 3.08. The van der Waals surface area contributed by atoms with E-state index in [4.69, 9.17) is 4.74 Å². The average Bonchev–Trinajstić information content (AvgIpc) is 2.54. The first kappa shape index (κ1) is 16.2. The first-order valence-electron chi connectivity index (χ1n) is 7.69. The van der Waals surface area contributed by atoms with Crippen LogP contribution < -0.4 is 14.8 Å². The van der Waals surface area contributed by atoms with Crippen molar-refractivity contribution in [1.82, 2.24) is 4.72 Å². The third-order valence-corrected chi connectivity index (χ3v) is 5.83. The van der Waals surface area contributed by atoms with Crippen molar-refractivity contribution in [3.63, 3.8) is 0 Å². The Balaban J connectivity index is 1.82. The quantitative estimate of drug-likeness (QED) is 0.753. The number of hydrogen-bond acceptors (Lipinski definition) is 5. The molecular formula is C15H20N2O5S. The first-order valence-corrected chi connectivity index (χ1v) is 9.18. The molecule has 1 saturated carbocycles. The van der Waals surface area contributed by atoms with Gasteiger partial charge in [-0.3, -0.25) is 4.79 Å². The van der Waals surface area contributed by atoms with Crippen LogP contribution in [-0.4, -0.2) is 38.7 Å². The van der Waals surface area contributed by atoms with Crippen LogP contribution in [0, 0.1) is 5.92 Å². The Morgan fingerprint density at radius 3 is 2.87 bits per heavy atom. The van der Waals surface area contributed by atoms with Crippen LogP contribution in [-0.2, 0) is 14.8 Å². The third kappa shape index (κ3) is 3.49. The van der Waals surface area contributed by atoms with E-state index in [1.165, 1.54) is 18.2 Å². The number of sulfonamides is 1. The van der Waals surface area contributed by atoms with Crippen molar-refractivity contribution in [2.45, 2.75) is 36.6 Å². The second kappa shape index (κ2) is 6.46. The molecule has 1 aromatic carbocycles. The van der Waals surface area contributed by atoms with E-state index in [1.807, 2.05) is 0 Å². The van der Waals surface area contributed by atoms with Gasteiger partial charge in [0.2, 0.25) is 10.0 Å². The van der Waals surface area contributed by atoms with Gasteiger partial charge in [-0.1, -0.05) is 12.8 Å². The molecule has 8 heteroatoms. The molecule has 23 heavy (non-hydrogen) atoms. The zero-order chi connectivity index (χ0) is 16.4. The van der Waals surface area contributed by atoms with Crippen molar-refractivity contribution in [1.29, 1.82) is 0 Å². The van der Waals surface area contributed by atoms with Gasteiger partial charge in [0, 0.05) is 12.6 Å². The summed E-state index contributed by atoms with van der Waals surface area (Å²) in [6.45, 7) is -0.0983. The molecule has 2 unspecified atom stereocenters. The fourth-order valence-corrected chi connectivity index (χ4v) is 4.44. The summed E-state index contributed by atoms with van der Waals surface area (Å²) in [6, 6.07) is 4.12. The average molecular weight is 340 g/mol. The van der Waals surface area contributed by atoms with Crippen LogP contribution in [0.3, 0.4) is 0 Å². The number of nitrogens with one attached hydrogen (secondary N) is 2. The minimum absolute atomic E-state index is 0.0265. The van der Waals surface area contributed by atoms with Crippen LogP contribution in [0.1, 0.15) is 25.7 Å². The number of rotatable bonds is 4. The predicted octanol–water partition coefficient (Wildman–Crippen LogP) is 0.847. The molecule has 1 aromatic rings. The van der Waals surface area contributed by atoms with Gasteiger partial charge in [0.25, 0.3) is 5.91 Å². The summed E-state index contributed by atoms with van der Waals surface area (Å²) in [5.74, 6) is 0.0845. The van der Waals surface area contributed by atoms with E-state index in [2.05, 4.69) is 10.0 Å². The van der Waals surface area contributed by atoms with E-state index in [0.29, 0.717) is 11.4 Å². The zero-order valence-corrected chi connectivity index (χ0v) is 13.4. The van der Waals surface area contributed by atoms with Crippen molar-refractivity contribution in [3.8, 4) is 5.75 Å². The molecule has 0 saturated heterocycles. The third-order valence-electron chi connectivity index (χ3n) is 4.34. The smallest absolute Gasteiger partial charge is 0.262 e. The number of amides is 1. The van der Waals surface area contributed by atoms with Crippen molar-refractivity contribution >= 4 is 21.6 Å². The highest BCUT2D eigenvalue weighted by Crippen LogP contribution is 2.31. The Morgan fingerprint density at radius 2 is 2.09 bits per heavy atom. The van der Waals surface area contributed by atoms with Crippen molar-refractivity contribution < 1.29 is 23.1 Å². The van der Waals surface area contributed by atoms with Gasteiger partial charge in [-0.2, -0.15) is 0 Å². The topological polar surface area (TPSA) is 105 Å². The molecule has 7 nitrogen and oxygen atoms in total. The van der Waals surface area contributed by atoms with E-state index in [-0.39, 0.29) is 36.0 Å². The molecule has 0 bridgehead atoms. The van der Waals surface area contributed by atoms with Gasteiger partial charge < -0.3 is 15.2 Å². The number of hydrogen-bond donors (Lipinski definition) is 3. The van der Waals surface area contributed by atoms with E-state index in [0.717, 1.165) is 25.7 Å². The zero-order valence-electron chi connectivity index (χ0n) is 12.6. The molecule has 1 heterocycles. The summed E-state index contributed by atoms with van der Waals surface area (Å²) in [6.07, 6.45) is 3.48. The predicted molar refractivity (Wildman–Crippen MR) is 83.7 cm³/mol. The van der Waals surface area contributed by atoms with Crippen LogP contribution in [0.2, 0.25) is 0 Å². The molecule has 1 aliphatic heterocycles. The van der Waals surface area contributed by atoms with Crippen LogP contribution in [0.5, 0.6) is 5.75 Å². The van der Waals surface area contributed by atoms with Gasteiger partial charge in [0.1, 0.15) is 5.75 Å². The summed E-state index contributed by atoms with van der Waals surface area (Å²) >= 11 is 0. The number of aliphatic hydroxyl groups excluding tert-OH is 1. The number of aliphatic hydroxyl groups is 1. The highest BCUT2D eigenvalue weighted by atomic mass is 32.2. The van der Waals surface area contributed by atoms with Gasteiger partial charge in [-0.25, -0.2) is 13.1 Å². The highest BCUT2D eigenvalue weighted by molar-refractivity contribution is 7.89.